The molecule has 2 amide bonds. The summed E-state index contributed by atoms with van der Waals surface area (Å²) in [6, 6.07) is 23.0. The van der Waals surface area contributed by atoms with Gasteiger partial charge in [0.15, 0.2) is 11.5 Å². The number of aromatic nitrogens is 2. The third kappa shape index (κ3) is 3.59. The summed E-state index contributed by atoms with van der Waals surface area (Å²) < 4.78 is 0. The van der Waals surface area contributed by atoms with Gasteiger partial charge in [-0.25, -0.2) is 9.97 Å². The zero-order valence-electron chi connectivity index (χ0n) is 17.9. The lowest BCUT2D eigenvalue weighted by atomic mass is 10.0. The summed E-state index contributed by atoms with van der Waals surface area (Å²) in [5.41, 5.74) is 11.8. The molecule has 0 unspecified atom stereocenters. The summed E-state index contributed by atoms with van der Waals surface area (Å²) in [6.07, 6.45) is 1.49. The highest BCUT2D eigenvalue weighted by molar-refractivity contribution is 5.98. The number of hydrogen-bond donors (Lipinski definition) is 3. The van der Waals surface area contributed by atoms with Gasteiger partial charge in [0.05, 0.1) is 17.9 Å². The van der Waals surface area contributed by atoms with Gasteiger partial charge in [0.1, 0.15) is 0 Å². The predicted octanol–water partition coefficient (Wildman–Crippen LogP) is 3.59. The Bertz CT molecular complexity index is 1350. The minimum absolute atomic E-state index is 0.0454. The maximum atomic E-state index is 13.2. The van der Waals surface area contributed by atoms with Crippen LogP contribution in [0.1, 0.15) is 38.0 Å². The topological polar surface area (TPSA) is 110 Å². The van der Waals surface area contributed by atoms with Gasteiger partial charge in [0.2, 0.25) is 0 Å². The van der Waals surface area contributed by atoms with Gasteiger partial charge >= 0.3 is 0 Å². The first-order chi connectivity index (χ1) is 16.1. The maximum Gasteiger partial charge on any atom is 0.273 e. The van der Waals surface area contributed by atoms with Crippen LogP contribution in [0.3, 0.4) is 0 Å². The molecule has 5 rings (SSSR count). The lowest BCUT2D eigenvalue weighted by molar-refractivity contribution is 0.0940. The molecule has 1 heterocycles. The van der Waals surface area contributed by atoms with Gasteiger partial charge in [-0.15, -0.1) is 0 Å². The molecule has 4 N–H and O–H groups in total. The minimum atomic E-state index is -0.422. The minimum Gasteiger partial charge on any atom is -0.382 e. The predicted molar refractivity (Wildman–Crippen MR) is 126 cm³/mol. The van der Waals surface area contributed by atoms with Crippen LogP contribution < -0.4 is 16.4 Å². The number of amides is 2. The molecular formula is C26H21N5O2. The molecule has 0 saturated carbocycles. The Morgan fingerprint density at radius 3 is 2.21 bits per heavy atom. The van der Waals surface area contributed by atoms with Gasteiger partial charge in [-0.3, -0.25) is 9.59 Å². The van der Waals surface area contributed by atoms with E-state index < -0.39 is 5.91 Å². The summed E-state index contributed by atoms with van der Waals surface area (Å²) in [5.74, 6) is -0.580. The number of nitrogen functional groups attached to an aromatic ring is 1. The van der Waals surface area contributed by atoms with Gasteiger partial charge in [-0.05, 0) is 34.4 Å². The zero-order valence-corrected chi connectivity index (χ0v) is 17.9. The smallest absolute Gasteiger partial charge is 0.273 e. The Hall–Kier alpha value is -4.52. The van der Waals surface area contributed by atoms with Gasteiger partial charge in [-0.1, -0.05) is 60.7 Å². The highest BCUT2D eigenvalue weighted by atomic mass is 16.2. The number of rotatable bonds is 4. The van der Waals surface area contributed by atoms with Crippen LogP contribution in [0.4, 0.5) is 5.82 Å². The van der Waals surface area contributed by atoms with Crippen molar-refractivity contribution in [1.82, 2.24) is 20.6 Å². The highest BCUT2D eigenvalue weighted by Crippen LogP contribution is 2.43. The Balaban J connectivity index is 1.46. The van der Waals surface area contributed by atoms with Crippen molar-refractivity contribution in [3.8, 4) is 22.4 Å². The van der Waals surface area contributed by atoms with Crippen LogP contribution in [0.25, 0.3) is 22.4 Å². The SMILES string of the molecule is CNC(=O)c1nc(-c2cccc(C(=O)NC3c4ccccc4-c4ccccc43)c2)cnc1N. The fourth-order valence-corrected chi connectivity index (χ4v) is 4.17. The van der Waals surface area contributed by atoms with E-state index in [1.165, 1.54) is 13.2 Å². The van der Waals surface area contributed by atoms with Crippen molar-refractivity contribution in [3.05, 3.63) is 101 Å². The molecule has 0 atom stereocenters. The van der Waals surface area contributed by atoms with E-state index in [-0.39, 0.29) is 23.5 Å². The van der Waals surface area contributed by atoms with Gasteiger partial charge in [0, 0.05) is 18.2 Å². The zero-order chi connectivity index (χ0) is 22.9. The maximum absolute atomic E-state index is 13.2. The van der Waals surface area contributed by atoms with Crippen molar-refractivity contribution in [3.63, 3.8) is 0 Å². The lowest BCUT2D eigenvalue weighted by Gasteiger charge is -2.16. The molecule has 7 nitrogen and oxygen atoms in total. The molecule has 7 heteroatoms. The number of nitrogens with two attached hydrogens (primary N) is 1. The summed E-state index contributed by atoms with van der Waals surface area (Å²) >= 11 is 0. The van der Waals surface area contributed by atoms with Crippen LogP contribution in [0.2, 0.25) is 0 Å². The standard InChI is InChI=1S/C26H21N5O2/c1-28-26(33)23-24(27)29-14-21(30-23)15-7-6-8-16(13-15)25(32)31-22-19-11-4-2-9-17(19)18-10-3-5-12-20(18)22/h2-14,22H,1H3,(H2,27,29)(H,28,33)(H,31,32). The summed E-state index contributed by atoms with van der Waals surface area (Å²) in [4.78, 5) is 33.7. The first kappa shape index (κ1) is 20.4. The highest BCUT2D eigenvalue weighted by Gasteiger charge is 2.29. The normalized spacial score (nSPS) is 12.0. The molecule has 4 aromatic rings. The van der Waals surface area contributed by atoms with E-state index in [9.17, 15) is 9.59 Å². The van der Waals surface area contributed by atoms with Crippen molar-refractivity contribution in [2.45, 2.75) is 6.04 Å². The molecule has 1 aromatic heterocycles. The van der Waals surface area contributed by atoms with Crippen LogP contribution in [-0.4, -0.2) is 28.8 Å². The number of nitrogens with one attached hydrogen (secondary N) is 2. The fraction of sp³-hybridized carbons (Fsp3) is 0.0769. The van der Waals surface area contributed by atoms with E-state index in [0.29, 0.717) is 16.8 Å². The third-order valence-corrected chi connectivity index (χ3v) is 5.77. The number of hydrogen-bond acceptors (Lipinski definition) is 5. The Kier molecular flexibility index (Phi) is 5.06. The Morgan fingerprint density at radius 2 is 1.55 bits per heavy atom. The first-order valence-electron chi connectivity index (χ1n) is 10.5. The van der Waals surface area contributed by atoms with Gasteiger partial charge in [0.25, 0.3) is 11.8 Å². The number of anilines is 1. The number of nitrogens with zero attached hydrogens (tertiary/aromatic N) is 2. The largest absolute Gasteiger partial charge is 0.382 e. The van der Waals surface area contributed by atoms with E-state index in [1.54, 1.807) is 18.2 Å². The van der Waals surface area contributed by atoms with Crippen molar-refractivity contribution in [2.24, 2.45) is 0 Å². The molecule has 1 aliphatic carbocycles. The first-order valence-corrected chi connectivity index (χ1v) is 10.5. The molecule has 162 valence electrons. The second kappa shape index (κ2) is 8.20. The molecule has 0 bridgehead atoms. The number of benzene rings is 3. The monoisotopic (exact) mass is 435 g/mol. The fourth-order valence-electron chi connectivity index (χ4n) is 4.17. The third-order valence-electron chi connectivity index (χ3n) is 5.77. The quantitative estimate of drug-likeness (QED) is 0.454. The van der Waals surface area contributed by atoms with Crippen LogP contribution in [-0.2, 0) is 0 Å². The summed E-state index contributed by atoms with van der Waals surface area (Å²) in [5, 5.41) is 5.68. The Labute approximate surface area is 190 Å². The average Bonchev–Trinajstić information content (AvgIpc) is 3.17. The second-order valence-electron chi connectivity index (χ2n) is 7.73. The van der Waals surface area contributed by atoms with Crippen molar-refractivity contribution in [2.75, 3.05) is 12.8 Å². The number of carbonyl (C=O) groups is 2. The molecular weight excluding hydrogens is 414 g/mol. The molecule has 0 saturated heterocycles. The van der Waals surface area contributed by atoms with E-state index in [1.807, 2.05) is 42.5 Å². The van der Waals surface area contributed by atoms with Crippen molar-refractivity contribution < 1.29 is 9.59 Å². The van der Waals surface area contributed by atoms with E-state index in [0.717, 1.165) is 22.3 Å². The molecule has 0 radical (unpaired) electrons. The summed E-state index contributed by atoms with van der Waals surface area (Å²) in [7, 11) is 1.50. The molecule has 0 spiro atoms. The van der Waals surface area contributed by atoms with Gasteiger partial charge < -0.3 is 16.4 Å². The van der Waals surface area contributed by atoms with E-state index in [4.69, 9.17) is 5.73 Å². The van der Waals surface area contributed by atoms with Crippen LogP contribution in [0.5, 0.6) is 0 Å². The van der Waals surface area contributed by atoms with Crippen LogP contribution in [0, 0.1) is 0 Å². The van der Waals surface area contributed by atoms with E-state index >= 15 is 0 Å². The average molecular weight is 435 g/mol. The Morgan fingerprint density at radius 1 is 0.879 bits per heavy atom. The van der Waals surface area contributed by atoms with E-state index in [2.05, 4.69) is 32.7 Å². The lowest BCUT2D eigenvalue weighted by Crippen LogP contribution is -2.28. The second-order valence-corrected chi connectivity index (χ2v) is 7.73. The van der Waals surface area contributed by atoms with Gasteiger partial charge in [-0.2, -0.15) is 0 Å². The molecule has 33 heavy (non-hydrogen) atoms. The number of carbonyl (C=O) groups excluding carboxylic acids is 2. The molecule has 0 fully saturated rings. The molecule has 1 aliphatic rings. The van der Waals surface area contributed by atoms with Crippen molar-refractivity contribution in [1.29, 1.82) is 0 Å². The number of fused-ring (bicyclic) bond motifs is 3. The van der Waals surface area contributed by atoms with Crippen molar-refractivity contribution >= 4 is 17.6 Å². The van der Waals surface area contributed by atoms with Crippen LogP contribution >= 0.6 is 0 Å². The summed E-state index contributed by atoms with van der Waals surface area (Å²) in [6.45, 7) is 0. The molecule has 0 aliphatic heterocycles. The molecule has 3 aromatic carbocycles. The van der Waals surface area contributed by atoms with Crippen LogP contribution in [0.15, 0.2) is 79.0 Å².